The van der Waals surface area contributed by atoms with Crippen molar-refractivity contribution >= 4 is 41.0 Å². The number of nitrogens with one attached hydrogen (secondary N) is 1. The summed E-state index contributed by atoms with van der Waals surface area (Å²) in [4.78, 5) is 14.1. The number of carbonyl (C=O) groups is 1. The maximum atomic E-state index is 11.7. The van der Waals surface area contributed by atoms with Crippen molar-refractivity contribution in [2.75, 3.05) is 18.1 Å². The van der Waals surface area contributed by atoms with E-state index in [9.17, 15) is 4.79 Å². The number of thioether (sulfide) groups is 2. The molecule has 2 aromatic carbocycles. The molecular weight excluding hydrogens is 334 g/mol. The van der Waals surface area contributed by atoms with Crippen LogP contribution in [0, 0.1) is 0 Å². The summed E-state index contributed by atoms with van der Waals surface area (Å²) in [6.07, 6.45) is 0.531. The van der Waals surface area contributed by atoms with Gasteiger partial charge in [0.05, 0.1) is 0 Å². The molecular formula is C17H18ClNOS2. The van der Waals surface area contributed by atoms with Crippen molar-refractivity contribution < 1.29 is 4.79 Å². The first-order valence-electron chi connectivity index (χ1n) is 7.07. The molecule has 0 saturated heterocycles. The topological polar surface area (TPSA) is 29.1 Å². The molecule has 1 amide bonds. The molecule has 2 rings (SSSR count). The van der Waals surface area contributed by atoms with Crippen LogP contribution in [0.1, 0.15) is 6.42 Å². The van der Waals surface area contributed by atoms with E-state index in [1.165, 1.54) is 4.90 Å². The lowest BCUT2D eigenvalue weighted by Crippen LogP contribution is -2.25. The van der Waals surface area contributed by atoms with Crippen molar-refractivity contribution in [2.24, 2.45) is 0 Å². The normalized spacial score (nSPS) is 10.4. The lowest BCUT2D eigenvalue weighted by atomic mass is 10.4. The van der Waals surface area contributed by atoms with Gasteiger partial charge in [0, 0.05) is 39.3 Å². The van der Waals surface area contributed by atoms with E-state index in [1.807, 2.05) is 42.5 Å². The maximum absolute atomic E-state index is 11.7. The Morgan fingerprint density at radius 1 is 0.909 bits per heavy atom. The van der Waals surface area contributed by atoms with Gasteiger partial charge in [-0.1, -0.05) is 29.8 Å². The molecule has 0 heterocycles. The van der Waals surface area contributed by atoms with Crippen molar-refractivity contribution in [3.63, 3.8) is 0 Å². The largest absolute Gasteiger partial charge is 0.355 e. The summed E-state index contributed by atoms with van der Waals surface area (Å²) in [5.41, 5.74) is 0. The van der Waals surface area contributed by atoms with E-state index in [0.29, 0.717) is 13.0 Å². The van der Waals surface area contributed by atoms with Gasteiger partial charge in [0.1, 0.15) is 0 Å². The van der Waals surface area contributed by atoms with Crippen LogP contribution < -0.4 is 5.32 Å². The van der Waals surface area contributed by atoms with Crippen LogP contribution in [-0.2, 0) is 4.79 Å². The zero-order chi connectivity index (χ0) is 15.6. The van der Waals surface area contributed by atoms with Gasteiger partial charge >= 0.3 is 0 Å². The second-order valence-electron chi connectivity index (χ2n) is 4.56. The molecule has 22 heavy (non-hydrogen) atoms. The Morgan fingerprint density at radius 3 is 2.27 bits per heavy atom. The molecule has 2 aromatic rings. The molecule has 1 N–H and O–H groups in total. The minimum absolute atomic E-state index is 0.107. The van der Waals surface area contributed by atoms with Gasteiger partial charge < -0.3 is 5.32 Å². The minimum Gasteiger partial charge on any atom is -0.355 e. The van der Waals surface area contributed by atoms with Crippen LogP contribution >= 0.6 is 35.1 Å². The predicted octanol–water partition coefficient (Wildman–Crippen LogP) is 4.73. The molecule has 0 atom stereocenters. The third-order valence-corrected chi connectivity index (χ3v) is 5.13. The highest BCUT2D eigenvalue weighted by atomic mass is 35.5. The number of hydrogen-bond acceptors (Lipinski definition) is 3. The van der Waals surface area contributed by atoms with Gasteiger partial charge in [-0.25, -0.2) is 0 Å². The standard InChI is InChI=1S/C17H18ClNOS2/c18-14-6-8-16(9-7-14)21-12-10-17(20)19-11-13-22-15-4-2-1-3-5-15/h1-9H,10-13H2,(H,19,20). The van der Waals surface area contributed by atoms with E-state index >= 15 is 0 Å². The summed E-state index contributed by atoms with van der Waals surface area (Å²) in [5, 5.41) is 3.69. The van der Waals surface area contributed by atoms with Gasteiger partial charge in [-0.3, -0.25) is 4.79 Å². The zero-order valence-corrected chi connectivity index (χ0v) is 14.5. The van der Waals surface area contributed by atoms with E-state index in [-0.39, 0.29) is 5.91 Å². The number of benzene rings is 2. The van der Waals surface area contributed by atoms with E-state index in [4.69, 9.17) is 11.6 Å². The Balaban J connectivity index is 1.55. The van der Waals surface area contributed by atoms with E-state index in [2.05, 4.69) is 17.4 Å². The fourth-order valence-corrected chi connectivity index (χ4v) is 3.52. The Kier molecular flexibility index (Phi) is 7.71. The minimum atomic E-state index is 0.107. The van der Waals surface area contributed by atoms with Crippen molar-refractivity contribution in [1.29, 1.82) is 0 Å². The molecule has 0 spiro atoms. The van der Waals surface area contributed by atoms with Crippen LogP contribution in [0.5, 0.6) is 0 Å². The SMILES string of the molecule is O=C(CCSc1ccc(Cl)cc1)NCCSc1ccccc1. The molecule has 0 bridgehead atoms. The van der Waals surface area contributed by atoms with Crippen LogP contribution in [0.3, 0.4) is 0 Å². The number of amides is 1. The third-order valence-electron chi connectivity index (χ3n) is 2.85. The first kappa shape index (κ1) is 17.3. The zero-order valence-electron chi connectivity index (χ0n) is 12.1. The summed E-state index contributed by atoms with van der Waals surface area (Å²) < 4.78 is 0. The molecule has 0 saturated carbocycles. The Morgan fingerprint density at radius 2 is 1.55 bits per heavy atom. The lowest BCUT2D eigenvalue weighted by molar-refractivity contribution is -0.120. The summed E-state index contributed by atoms with van der Waals surface area (Å²) in [6, 6.07) is 17.9. The van der Waals surface area contributed by atoms with E-state index in [0.717, 1.165) is 21.4 Å². The molecule has 2 nitrogen and oxygen atoms in total. The summed E-state index contributed by atoms with van der Waals surface area (Å²) >= 11 is 9.26. The number of rotatable bonds is 8. The van der Waals surface area contributed by atoms with Crippen molar-refractivity contribution in [2.45, 2.75) is 16.2 Å². The van der Waals surface area contributed by atoms with Crippen molar-refractivity contribution in [3.8, 4) is 0 Å². The molecule has 0 unspecified atom stereocenters. The third kappa shape index (κ3) is 6.77. The highest BCUT2D eigenvalue weighted by molar-refractivity contribution is 7.99. The number of hydrogen-bond donors (Lipinski definition) is 1. The molecule has 0 aromatic heterocycles. The van der Waals surface area contributed by atoms with E-state index in [1.54, 1.807) is 23.5 Å². The second-order valence-corrected chi connectivity index (χ2v) is 7.34. The van der Waals surface area contributed by atoms with Crippen LogP contribution in [-0.4, -0.2) is 24.0 Å². The smallest absolute Gasteiger partial charge is 0.220 e. The number of carbonyl (C=O) groups excluding carboxylic acids is 1. The highest BCUT2D eigenvalue weighted by Crippen LogP contribution is 2.20. The number of halogens is 1. The highest BCUT2D eigenvalue weighted by Gasteiger charge is 2.02. The van der Waals surface area contributed by atoms with Gasteiger partial charge in [-0.05, 0) is 36.4 Å². The maximum Gasteiger partial charge on any atom is 0.220 e. The van der Waals surface area contributed by atoms with Crippen LogP contribution in [0.25, 0.3) is 0 Å². The first-order valence-corrected chi connectivity index (χ1v) is 9.42. The lowest BCUT2D eigenvalue weighted by Gasteiger charge is -2.05. The summed E-state index contributed by atoms with van der Waals surface area (Å²) in [7, 11) is 0. The monoisotopic (exact) mass is 351 g/mol. The molecule has 0 radical (unpaired) electrons. The average molecular weight is 352 g/mol. The molecule has 0 aliphatic rings. The predicted molar refractivity (Wildman–Crippen MR) is 97.0 cm³/mol. The van der Waals surface area contributed by atoms with Gasteiger partial charge in [-0.2, -0.15) is 0 Å². The first-order chi connectivity index (χ1) is 10.7. The van der Waals surface area contributed by atoms with Gasteiger partial charge in [0.25, 0.3) is 0 Å². The van der Waals surface area contributed by atoms with Crippen molar-refractivity contribution in [1.82, 2.24) is 5.32 Å². The summed E-state index contributed by atoms with van der Waals surface area (Å²) in [6.45, 7) is 0.698. The quantitative estimate of drug-likeness (QED) is 0.550. The Labute approximate surface area is 145 Å². The fourth-order valence-electron chi connectivity index (χ4n) is 1.76. The van der Waals surface area contributed by atoms with Crippen LogP contribution in [0.4, 0.5) is 0 Å². The second kappa shape index (κ2) is 9.82. The summed E-state index contributed by atoms with van der Waals surface area (Å²) in [5.74, 6) is 1.77. The molecule has 0 fully saturated rings. The van der Waals surface area contributed by atoms with Crippen LogP contribution in [0.2, 0.25) is 5.02 Å². The Bertz CT molecular complexity index is 575. The molecule has 0 aliphatic heterocycles. The van der Waals surface area contributed by atoms with Crippen LogP contribution in [0.15, 0.2) is 64.4 Å². The van der Waals surface area contributed by atoms with Gasteiger partial charge in [-0.15, -0.1) is 23.5 Å². The van der Waals surface area contributed by atoms with E-state index < -0.39 is 0 Å². The van der Waals surface area contributed by atoms with Gasteiger partial charge in [0.2, 0.25) is 5.91 Å². The fraction of sp³-hybridized carbons (Fsp3) is 0.235. The Hall–Kier alpha value is -1.10. The molecule has 0 aliphatic carbocycles. The molecule has 5 heteroatoms. The molecule has 116 valence electrons. The average Bonchev–Trinajstić information content (AvgIpc) is 2.54. The van der Waals surface area contributed by atoms with Gasteiger partial charge in [0.15, 0.2) is 0 Å². The van der Waals surface area contributed by atoms with Crippen molar-refractivity contribution in [3.05, 3.63) is 59.6 Å².